The summed E-state index contributed by atoms with van der Waals surface area (Å²) in [6.07, 6.45) is 2.53. The normalized spacial score (nSPS) is 18.3. The Balaban J connectivity index is 1.91. The Morgan fingerprint density at radius 1 is 1.29 bits per heavy atom. The summed E-state index contributed by atoms with van der Waals surface area (Å²) >= 11 is 0. The fourth-order valence-corrected chi connectivity index (χ4v) is 2.56. The lowest BCUT2D eigenvalue weighted by Crippen LogP contribution is -2.49. The molecule has 1 aromatic carbocycles. The Hall–Kier alpha value is -2.11. The van der Waals surface area contributed by atoms with Crippen molar-refractivity contribution in [2.24, 2.45) is 0 Å². The van der Waals surface area contributed by atoms with Crippen LogP contribution in [0.3, 0.4) is 0 Å². The van der Waals surface area contributed by atoms with E-state index in [4.69, 9.17) is 5.11 Å². The fourth-order valence-electron chi connectivity index (χ4n) is 2.56. The molecule has 2 amide bonds. The molecule has 5 nitrogen and oxygen atoms in total. The smallest absolute Gasteiger partial charge is 0.317 e. The van der Waals surface area contributed by atoms with Gasteiger partial charge in [0.25, 0.3) is 0 Å². The topological polar surface area (TPSA) is 69.6 Å². The molecule has 2 N–H and O–H groups in total. The van der Waals surface area contributed by atoms with Gasteiger partial charge in [0.05, 0.1) is 6.42 Å². The van der Waals surface area contributed by atoms with E-state index in [0.717, 1.165) is 24.8 Å². The third kappa shape index (κ3) is 4.44. The molecule has 1 saturated heterocycles. The van der Waals surface area contributed by atoms with E-state index in [-0.39, 0.29) is 24.3 Å². The van der Waals surface area contributed by atoms with Crippen LogP contribution in [-0.4, -0.2) is 34.6 Å². The van der Waals surface area contributed by atoms with Crippen LogP contribution in [0.25, 0.3) is 0 Å². The van der Waals surface area contributed by atoms with Gasteiger partial charge in [-0.2, -0.15) is 0 Å². The van der Waals surface area contributed by atoms with Crippen molar-refractivity contribution in [1.29, 1.82) is 0 Å². The largest absolute Gasteiger partial charge is 0.481 e. The number of hydrogen-bond acceptors (Lipinski definition) is 2. The molecule has 0 saturated carbocycles. The van der Waals surface area contributed by atoms with Gasteiger partial charge < -0.3 is 15.3 Å². The van der Waals surface area contributed by atoms with Crippen molar-refractivity contribution in [3.05, 3.63) is 35.6 Å². The number of benzene rings is 1. The minimum absolute atomic E-state index is 0.0238. The molecule has 1 unspecified atom stereocenters. The zero-order valence-corrected chi connectivity index (χ0v) is 11.7. The maximum atomic E-state index is 12.8. The average Bonchev–Trinajstić information content (AvgIpc) is 2.46. The number of amides is 2. The van der Waals surface area contributed by atoms with Crippen LogP contribution in [0.2, 0.25) is 0 Å². The van der Waals surface area contributed by atoms with E-state index >= 15 is 0 Å². The molecule has 0 aliphatic carbocycles. The van der Waals surface area contributed by atoms with Gasteiger partial charge in [0.1, 0.15) is 5.82 Å². The monoisotopic (exact) mass is 294 g/mol. The fraction of sp³-hybridized carbons (Fsp3) is 0.467. The van der Waals surface area contributed by atoms with E-state index in [1.165, 1.54) is 12.1 Å². The lowest BCUT2D eigenvalue weighted by Gasteiger charge is -2.34. The summed E-state index contributed by atoms with van der Waals surface area (Å²) in [5.74, 6) is -1.21. The molecule has 2 rings (SSSR count). The summed E-state index contributed by atoms with van der Waals surface area (Å²) in [5.41, 5.74) is 0.802. The summed E-state index contributed by atoms with van der Waals surface area (Å²) in [6.45, 7) is 0.878. The number of piperidine rings is 1. The molecular formula is C15H19FN2O3. The van der Waals surface area contributed by atoms with E-state index in [9.17, 15) is 14.0 Å². The average molecular weight is 294 g/mol. The Labute approximate surface area is 122 Å². The Morgan fingerprint density at radius 2 is 2.00 bits per heavy atom. The first-order valence-electron chi connectivity index (χ1n) is 7.07. The van der Waals surface area contributed by atoms with Gasteiger partial charge in [0.2, 0.25) is 0 Å². The maximum absolute atomic E-state index is 12.8. The third-order valence-electron chi connectivity index (χ3n) is 3.66. The molecule has 1 aliphatic rings. The molecule has 0 aromatic heterocycles. The van der Waals surface area contributed by atoms with Gasteiger partial charge in [-0.25, -0.2) is 9.18 Å². The lowest BCUT2D eigenvalue weighted by atomic mass is 10.00. The Bertz CT molecular complexity index is 504. The number of carboxylic acids is 1. The quantitative estimate of drug-likeness (QED) is 0.895. The minimum Gasteiger partial charge on any atom is -0.481 e. The van der Waals surface area contributed by atoms with Crippen molar-refractivity contribution >= 4 is 12.0 Å². The van der Waals surface area contributed by atoms with Gasteiger partial charge >= 0.3 is 12.0 Å². The van der Waals surface area contributed by atoms with Crippen molar-refractivity contribution in [2.75, 3.05) is 6.54 Å². The van der Waals surface area contributed by atoms with E-state index in [1.807, 2.05) is 0 Å². The molecule has 114 valence electrons. The van der Waals surface area contributed by atoms with E-state index in [1.54, 1.807) is 17.0 Å². The summed E-state index contributed by atoms with van der Waals surface area (Å²) in [6, 6.07) is 5.40. The molecule has 1 fully saturated rings. The summed E-state index contributed by atoms with van der Waals surface area (Å²) in [5, 5.41) is 11.7. The second-order valence-electron chi connectivity index (χ2n) is 5.23. The molecule has 0 radical (unpaired) electrons. The molecule has 1 aromatic rings. The molecule has 0 spiro atoms. The van der Waals surface area contributed by atoms with Crippen LogP contribution < -0.4 is 5.32 Å². The van der Waals surface area contributed by atoms with Crippen molar-refractivity contribution in [3.8, 4) is 0 Å². The number of nitrogens with one attached hydrogen (secondary N) is 1. The second-order valence-corrected chi connectivity index (χ2v) is 5.23. The van der Waals surface area contributed by atoms with E-state index in [0.29, 0.717) is 13.1 Å². The predicted molar refractivity (Wildman–Crippen MR) is 75.2 cm³/mol. The van der Waals surface area contributed by atoms with Crippen molar-refractivity contribution in [3.63, 3.8) is 0 Å². The van der Waals surface area contributed by atoms with Gasteiger partial charge in [-0.1, -0.05) is 12.1 Å². The first kappa shape index (κ1) is 15.3. The zero-order chi connectivity index (χ0) is 15.2. The Kier molecular flexibility index (Phi) is 5.14. The first-order chi connectivity index (χ1) is 10.1. The highest BCUT2D eigenvalue weighted by Crippen LogP contribution is 2.19. The highest BCUT2D eigenvalue weighted by Gasteiger charge is 2.28. The highest BCUT2D eigenvalue weighted by atomic mass is 19.1. The second kappa shape index (κ2) is 7.06. The highest BCUT2D eigenvalue weighted by molar-refractivity contribution is 5.76. The van der Waals surface area contributed by atoms with Crippen LogP contribution in [0.1, 0.15) is 31.2 Å². The summed E-state index contributed by atoms with van der Waals surface area (Å²) in [4.78, 5) is 24.6. The predicted octanol–water partition coefficient (Wildman–Crippen LogP) is 2.36. The van der Waals surface area contributed by atoms with Crippen LogP contribution in [-0.2, 0) is 11.3 Å². The molecule has 1 atom stereocenters. The minimum atomic E-state index is -0.891. The van der Waals surface area contributed by atoms with Gasteiger partial charge in [-0.15, -0.1) is 0 Å². The number of halogens is 1. The Morgan fingerprint density at radius 3 is 2.67 bits per heavy atom. The van der Waals surface area contributed by atoms with Gasteiger partial charge in [0.15, 0.2) is 0 Å². The van der Waals surface area contributed by atoms with E-state index < -0.39 is 5.97 Å². The first-order valence-corrected chi connectivity index (χ1v) is 7.07. The number of urea groups is 1. The number of carboxylic acid groups (broad SMARTS) is 1. The number of carbonyl (C=O) groups excluding carboxylic acids is 1. The van der Waals surface area contributed by atoms with Crippen LogP contribution >= 0.6 is 0 Å². The molecule has 21 heavy (non-hydrogen) atoms. The van der Waals surface area contributed by atoms with Crippen LogP contribution in [0.5, 0.6) is 0 Å². The number of rotatable bonds is 4. The summed E-state index contributed by atoms with van der Waals surface area (Å²) in [7, 11) is 0. The van der Waals surface area contributed by atoms with Crippen molar-refractivity contribution in [2.45, 2.75) is 38.3 Å². The van der Waals surface area contributed by atoms with Crippen molar-refractivity contribution < 1.29 is 19.1 Å². The van der Waals surface area contributed by atoms with Crippen molar-refractivity contribution in [1.82, 2.24) is 10.2 Å². The molecule has 1 aliphatic heterocycles. The van der Waals surface area contributed by atoms with Gasteiger partial charge in [-0.3, -0.25) is 4.79 Å². The summed E-state index contributed by atoms with van der Waals surface area (Å²) < 4.78 is 12.8. The lowest BCUT2D eigenvalue weighted by molar-refractivity contribution is -0.138. The van der Waals surface area contributed by atoms with Crippen LogP contribution in [0, 0.1) is 5.82 Å². The number of nitrogens with zero attached hydrogens (tertiary/aromatic N) is 1. The zero-order valence-electron chi connectivity index (χ0n) is 11.7. The number of aliphatic carboxylic acids is 1. The molecular weight excluding hydrogens is 275 g/mol. The third-order valence-corrected chi connectivity index (χ3v) is 3.66. The number of likely N-dealkylation sites (tertiary alicyclic amines) is 1. The van der Waals surface area contributed by atoms with Crippen LogP contribution in [0.4, 0.5) is 9.18 Å². The molecule has 6 heteroatoms. The van der Waals surface area contributed by atoms with Crippen LogP contribution in [0.15, 0.2) is 24.3 Å². The van der Waals surface area contributed by atoms with Gasteiger partial charge in [0, 0.05) is 19.1 Å². The number of carbonyl (C=O) groups is 2. The van der Waals surface area contributed by atoms with Gasteiger partial charge in [-0.05, 0) is 37.0 Å². The van der Waals surface area contributed by atoms with E-state index in [2.05, 4.69) is 5.32 Å². The standard InChI is InChI=1S/C15H19FN2O3/c16-12-6-4-11(5-7-12)10-17-15(21)18-8-2-1-3-13(18)9-14(19)20/h4-7,13H,1-3,8-10H2,(H,17,21)(H,19,20). The molecule has 0 bridgehead atoms. The maximum Gasteiger partial charge on any atom is 0.317 e. The SMILES string of the molecule is O=C(O)CC1CCCCN1C(=O)NCc1ccc(F)cc1. The molecule has 1 heterocycles. The number of hydrogen-bond donors (Lipinski definition) is 2.